The summed E-state index contributed by atoms with van der Waals surface area (Å²) in [5.41, 5.74) is 2.51. The van der Waals surface area contributed by atoms with E-state index >= 15 is 0 Å². The maximum atomic E-state index is 10.2. The Morgan fingerprint density at radius 1 is 1.31 bits per heavy atom. The molecule has 1 N–H and O–H groups in total. The van der Waals surface area contributed by atoms with Crippen LogP contribution < -0.4 is 5.32 Å². The molecule has 3 heteroatoms. The van der Waals surface area contributed by atoms with Crippen molar-refractivity contribution < 1.29 is 4.79 Å². The molecule has 1 aliphatic heterocycles. The molecule has 1 aromatic rings. The summed E-state index contributed by atoms with van der Waals surface area (Å²) in [6.45, 7) is 2.62. The topological polar surface area (TPSA) is 41.5 Å². The van der Waals surface area contributed by atoms with Crippen molar-refractivity contribution in [1.29, 1.82) is 0 Å². The van der Waals surface area contributed by atoms with Crippen LogP contribution in [0.2, 0.25) is 0 Å². The van der Waals surface area contributed by atoms with Gasteiger partial charge in [-0.15, -0.1) is 0 Å². The fraction of sp³-hybridized carbons (Fsp3) is 0.462. The van der Waals surface area contributed by atoms with Gasteiger partial charge in [0.15, 0.2) is 0 Å². The number of rotatable bonds is 3. The molecule has 0 bridgehead atoms. The molecule has 1 aromatic carbocycles. The van der Waals surface area contributed by atoms with Crippen molar-refractivity contribution in [3.8, 4) is 0 Å². The molecular formula is C13H16N2O. The van der Waals surface area contributed by atoms with Crippen molar-refractivity contribution in [2.24, 2.45) is 4.99 Å². The van der Waals surface area contributed by atoms with Crippen molar-refractivity contribution in [2.75, 3.05) is 13.1 Å². The standard InChI is InChI=1S/C13H16N2O/c16-10-15-9-12-3-1-2-4-13(12)11-5-7-14-8-6-11/h1-4,11,14H,5-9H2. The van der Waals surface area contributed by atoms with Crippen molar-refractivity contribution in [3.05, 3.63) is 35.4 Å². The van der Waals surface area contributed by atoms with Crippen molar-refractivity contribution in [3.63, 3.8) is 0 Å². The number of benzene rings is 1. The number of isocyanates is 1. The van der Waals surface area contributed by atoms with Crippen molar-refractivity contribution >= 4 is 6.08 Å². The lowest BCUT2D eigenvalue weighted by atomic mass is 9.87. The lowest BCUT2D eigenvalue weighted by Crippen LogP contribution is -2.27. The summed E-state index contributed by atoms with van der Waals surface area (Å²) < 4.78 is 0. The van der Waals surface area contributed by atoms with Crippen LogP contribution in [0.4, 0.5) is 0 Å². The summed E-state index contributed by atoms with van der Waals surface area (Å²) in [5.74, 6) is 0.610. The molecule has 3 nitrogen and oxygen atoms in total. The Balaban J connectivity index is 2.20. The molecule has 2 rings (SSSR count). The Kier molecular flexibility index (Phi) is 3.86. The first kappa shape index (κ1) is 11.1. The van der Waals surface area contributed by atoms with E-state index in [1.165, 1.54) is 18.4 Å². The van der Waals surface area contributed by atoms with Crippen LogP contribution in [0.15, 0.2) is 29.3 Å². The van der Waals surface area contributed by atoms with Gasteiger partial charge in [0.05, 0.1) is 6.54 Å². The fourth-order valence-corrected chi connectivity index (χ4v) is 2.33. The number of aliphatic imine (C=N–C) groups is 1. The number of hydrogen-bond donors (Lipinski definition) is 1. The van der Waals surface area contributed by atoms with Gasteiger partial charge in [0.2, 0.25) is 6.08 Å². The molecule has 0 atom stereocenters. The highest BCUT2D eigenvalue weighted by Gasteiger charge is 2.17. The van der Waals surface area contributed by atoms with Gasteiger partial charge in [-0.25, -0.2) is 9.79 Å². The molecule has 1 saturated heterocycles. The normalized spacial score (nSPS) is 16.8. The van der Waals surface area contributed by atoms with Crippen molar-refractivity contribution in [1.82, 2.24) is 5.32 Å². The zero-order valence-electron chi connectivity index (χ0n) is 9.28. The van der Waals surface area contributed by atoms with E-state index in [0.29, 0.717) is 12.5 Å². The summed E-state index contributed by atoms with van der Waals surface area (Å²) in [5, 5.41) is 3.36. The molecule has 0 aliphatic carbocycles. The van der Waals surface area contributed by atoms with Gasteiger partial charge < -0.3 is 5.32 Å². The van der Waals surface area contributed by atoms with Gasteiger partial charge in [-0.3, -0.25) is 0 Å². The lowest BCUT2D eigenvalue weighted by Gasteiger charge is -2.24. The van der Waals surface area contributed by atoms with E-state index < -0.39 is 0 Å². The van der Waals surface area contributed by atoms with Crippen LogP contribution in [-0.2, 0) is 11.3 Å². The number of piperidine rings is 1. The third-order valence-corrected chi connectivity index (χ3v) is 3.15. The highest BCUT2D eigenvalue weighted by Crippen LogP contribution is 2.28. The van der Waals surface area contributed by atoms with Gasteiger partial charge in [-0.05, 0) is 43.0 Å². The third-order valence-electron chi connectivity index (χ3n) is 3.15. The molecule has 16 heavy (non-hydrogen) atoms. The average Bonchev–Trinajstić information content (AvgIpc) is 2.38. The Morgan fingerprint density at radius 2 is 2.06 bits per heavy atom. The second kappa shape index (κ2) is 5.59. The zero-order chi connectivity index (χ0) is 11.2. The van der Waals surface area contributed by atoms with Gasteiger partial charge in [0.25, 0.3) is 0 Å². The molecule has 0 unspecified atom stereocenters. The van der Waals surface area contributed by atoms with Crippen LogP contribution in [0.3, 0.4) is 0 Å². The highest BCUT2D eigenvalue weighted by molar-refractivity contribution is 5.36. The van der Waals surface area contributed by atoms with Gasteiger partial charge in [0.1, 0.15) is 0 Å². The molecule has 1 heterocycles. The molecule has 0 radical (unpaired) electrons. The predicted octanol–water partition coefficient (Wildman–Crippen LogP) is 1.99. The smallest absolute Gasteiger partial charge is 0.235 e. The minimum atomic E-state index is 0.462. The van der Waals surface area contributed by atoms with Crippen molar-refractivity contribution in [2.45, 2.75) is 25.3 Å². The average molecular weight is 216 g/mol. The Bertz CT molecular complexity index is 391. The van der Waals surface area contributed by atoms with Crippen LogP contribution in [0.25, 0.3) is 0 Å². The Morgan fingerprint density at radius 3 is 2.81 bits per heavy atom. The summed E-state index contributed by atoms with van der Waals surface area (Å²) in [6, 6.07) is 8.27. The number of nitrogens with zero attached hydrogens (tertiary/aromatic N) is 1. The molecule has 0 amide bonds. The predicted molar refractivity (Wildman–Crippen MR) is 63.1 cm³/mol. The maximum Gasteiger partial charge on any atom is 0.235 e. The number of hydrogen-bond acceptors (Lipinski definition) is 3. The number of carbonyl (C=O) groups excluding carboxylic acids is 1. The quantitative estimate of drug-likeness (QED) is 0.620. The lowest BCUT2D eigenvalue weighted by molar-refractivity contribution is 0.458. The molecule has 0 spiro atoms. The van der Waals surface area contributed by atoms with Gasteiger partial charge in [-0.2, -0.15) is 0 Å². The molecular weight excluding hydrogens is 200 g/mol. The minimum Gasteiger partial charge on any atom is -0.317 e. The van der Waals surface area contributed by atoms with Crippen LogP contribution in [0.5, 0.6) is 0 Å². The summed E-state index contributed by atoms with van der Waals surface area (Å²) >= 11 is 0. The van der Waals surface area contributed by atoms with E-state index in [9.17, 15) is 4.79 Å². The fourth-order valence-electron chi connectivity index (χ4n) is 2.33. The van der Waals surface area contributed by atoms with Crippen LogP contribution in [-0.4, -0.2) is 19.2 Å². The van der Waals surface area contributed by atoms with Crippen LogP contribution in [0.1, 0.15) is 29.9 Å². The Hall–Kier alpha value is -1.44. The molecule has 1 fully saturated rings. The summed E-state index contributed by atoms with van der Waals surface area (Å²) in [7, 11) is 0. The monoisotopic (exact) mass is 216 g/mol. The van der Waals surface area contributed by atoms with E-state index in [1.54, 1.807) is 6.08 Å². The van der Waals surface area contributed by atoms with Crippen LogP contribution in [0, 0.1) is 0 Å². The van der Waals surface area contributed by atoms with E-state index in [2.05, 4.69) is 28.5 Å². The SMILES string of the molecule is O=C=NCc1ccccc1C1CCNCC1. The van der Waals surface area contributed by atoms with Crippen LogP contribution >= 0.6 is 0 Å². The minimum absolute atomic E-state index is 0.462. The molecule has 84 valence electrons. The van der Waals surface area contributed by atoms with E-state index in [-0.39, 0.29) is 0 Å². The zero-order valence-corrected chi connectivity index (χ0v) is 9.28. The van der Waals surface area contributed by atoms with Gasteiger partial charge in [0, 0.05) is 0 Å². The first-order valence-corrected chi connectivity index (χ1v) is 5.74. The first-order valence-electron chi connectivity index (χ1n) is 5.74. The summed E-state index contributed by atoms with van der Waals surface area (Å²) in [6.07, 6.45) is 3.95. The molecule has 0 aromatic heterocycles. The second-order valence-corrected chi connectivity index (χ2v) is 4.13. The largest absolute Gasteiger partial charge is 0.317 e. The maximum absolute atomic E-state index is 10.2. The number of nitrogens with one attached hydrogen (secondary N) is 1. The highest BCUT2D eigenvalue weighted by atomic mass is 16.1. The molecule has 1 aliphatic rings. The van der Waals surface area contributed by atoms with E-state index in [4.69, 9.17) is 0 Å². The summed E-state index contributed by atoms with van der Waals surface area (Å²) in [4.78, 5) is 13.8. The first-order chi connectivity index (χ1) is 7.92. The van der Waals surface area contributed by atoms with Gasteiger partial charge in [-0.1, -0.05) is 24.3 Å². The van der Waals surface area contributed by atoms with E-state index in [1.807, 2.05) is 6.07 Å². The Labute approximate surface area is 95.6 Å². The molecule has 0 saturated carbocycles. The second-order valence-electron chi connectivity index (χ2n) is 4.13. The third kappa shape index (κ3) is 2.57. The van der Waals surface area contributed by atoms with Gasteiger partial charge >= 0.3 is 0 Å². The van der Waals surface area contributed by atoms with E-state index in [0.717, 1.165) is 18.7 Å².